The van der Waals surface area contributed by atoms with Crippen LogP contribution >= 0.6 is 0 Å². The largest absolute Gasteiger partial charge is 0.469 e. The third-order valence-electron chi connectivity index (χ3n) is 3.28. The van der Waals surface area contributed by atoms with Crippen LogP contribution in [0, 0.1) is 6.92 Å². The molecule has 1 aromatic heterocycles. The summed E-state index contributed by atoms with van der Waals surface area (Å²) in [5.74, 6) is 0.235. The Morgan fingerprint density at radius 1 is 1.32 bits per heavy atom. The van der Waals surface area contributed by atoms with E-state index in [1.54, 1.807) is 0 Å². The molecular weight excluding hydrogens is 238 g/mol. The van der Waals surface area contributed by atoms with Crippen molar-refractivity contribution in [1.29, 1.82) is 0 Å². The van der Waals surface area contributed by atoms with Crippen molar-refractivity contribution in [3.8, 4) is 0 Å². The van der Waals surface area contributed by atoms with Gasteiger partial charge in [0, 0.05) is 11.1 Å². The Kier molecular flexibility index (Phi) is 3.84. The van der Waals surface area contributed by atoms with Crippen LogP contribution < -0.4 is 0 Å². The number of esters is 1. The highest BCUT2D eigenvalue weighted by Crippen LogP contribution is 2.24. The average molecular weight is 257 g/mol. The van der Waals surface area contributed by atoms with Crippen molar-refractivity contribution in [2.75, 3.05) is 7.11 Å². The topological polar surface area (TPSA) is 39.2 Å². The molecule has 100 valence electrons. The number of carbonyl (C=O) groups excluding carboxylic acids is 1. The molecule has 1 aromatic carbocycles. The zero-order chi connectivity index (χ0) is 14.0. The van der Waals surface area contributed by atoms with E-state index in [1.165, 1.54) is 12.7 Å². The number of nitrogens with zero attached hydrogens (tertiary/aromatic N) is 1. The minimum absolute atomic E-state index is 0.221. The predicted molar refractivity (Wildman–Crippen MR) is 76.3 cm³/mol. The molecule has 0 saturated heterocycles. The van der Waals surface area contributed by atoms with Crippen molar-refractivity contribution in [1.82, 2.24) is 4.98 Å². The van der Waals surface area contributed by atoms with Crippen molar-refractivity contribution in [3.05, 3.63) is 41.1 Å². The molecule has 0 bridgehead atoms. The molecule has 0 atom stereocenters. The van der Waals surface area contributed by atoms with Crippen molar-refractivity contribution >= 4 is 16.9 Å². The Morgan fingerprint density at radius 3 is 2.68 bits per heavy atom. The molecule has 0 unspecified atom stereocenters. The second-order valence-electron chi connectivity index (χ2n) is 5.11. The molecule has 0 amide bonds. The van der Waals surface area contributed by atoms with E-state index >= 15 is 0 Å². The van der Waals surface area contributed by atoms with Gasteiger partial charge in [-0.2, -0.15) is 0 Å². The monoisotopic (exact) mass is 257 g/mol. The lowest BCUT2D eigenvalue weighted by Crippen LogP contribution is -2.06. The van der Waals surface area contributed by atoms with E-state index < -0.39 is 0 Å². The van der Waals surface area contributed by atoms with Crippen molar-refractivity contribution < 1.29 is 9.53 Å². The van der Waals surface area contributed by atoms with Crippen LogP contribution in [0.2, 0.25) is 0 Å². The molecule has 3 heteroatoms. The third-order valence-corrected chi connectivity index (χ3v) is 3.28. The molecule has 0 spiro atoms. The molecular formula is C16H19NO2. The Morgan fingerprint density at radius 2 is 2.05 bits per heavy atom. The summed E-state index contributed by atoms with van der Waals surface area (Å²) in [6, 6.07) is 8.22. The summed E-state index contributed by atoms with van der Waals surface area (Å²) in [5, 5.41) is 1.04. The number of rotatable bonds is 3. The standard InChI is InChI=1S/C16H19NO2/c1-10(2)12-5-6-15-14(8-12)13(7-11(3)17-15)9-16(18)19-4/h5-8,10H,9H2,1-4H3. The predicted octanol–water partition coefficient (Wildman–Crippen LogP) is 3.38. The van der Waals surface area contributed by atoms with E-state index in [4.69, 9.17) is 4.74 Å². The van der Waals surface area contributed by atoms with Gasteiger partial charge in [-0.05, 0) is 42.2 Å². The maximum Gasteiger partial charge on any atom is 0.310 e. The summed E-state index contributed by atoms with van der Waals surface area (Å²) >= 11 is 0. The fraction of sp³-hybridized carbons (Fsp3) is 0.375. The van der Waals surface area contributed by atoms with E-state index in [1.807, 2.05) is 19.1 Å². The van der Waals surface area contributed by atoms with Gasteiger partial charge < -0.3 is 4.74 Å². The Hall–Kier alpha value is -1.90. The number of ether oxygens (including phenoxy) is 1. The molecule has 0 aliphatic rings. The Labute approximate surface area is 113 Å². The first-order valence-corrected chi connectivity index (χ1v) is 6.48. The fourth-order valence-corrected chi connectivity index (χ4v) is 2.19. The number of aromatic nitrogens is 1. The number of hydrogen-bond donors (Lipinski definition) is 0. The van der Waals surface area contributed by atoms with E-state index in [-0.39, 0.29) is 12.4 Å². The number of fused-ring (bicyclic) bond motifs is 1. The lowest BCUT2D eigenvalue weighted by atomic mass is 9.97. The Bertz CT molecular complexity index is 617. The molecule has 2 rings (SSSR count). The van der Waals surface area contributed by atoms with Gasteiger partial charge in [-0.3, -0.25) is 9.78 Å². The summed E-state index contributed by atoms with van der Waals surface area (Å²) in [4.78, 5) is 16.0. The van der Waals surface area contributed by atoms with Gasteiger partial charge in [0.25, 0.3) is 0 Å². The summed E-state index contributed by atoms with van der Waals surface area (Å²) in [6.45, 7) is 6.25. The van der Waals surface area contributed by atoms with Gasteiger partial charge in [0.15, 0.2) is 0 Å². The van der Waals surface area contributed by atoms with Crippen LogP contribution in [0.25, 0.3) is 10.9 Å². The number of hydrogen-bond acceptors (Lipinski definition) is 3. The van der Waals surface area contributed by atoms with Crippen molar-refractivity contribution in [3.63, 3.8) is 0 Å². The maximum absolute atomic E-state index is 11.5. The van der Waals surface area contributed by atoms with Crippen LogP contribution in [-0.4, -0.2) is 18.1 Å². The van der Waals surface area contributed by atoms with E-state index in [9.17, 15) is 4.79 Å². The first kappa shape index (κ1) is 13.5. The molecule has 0 fully saturated rings. The SMILES string of the molecule is COC(=O)Cc1cc(C)nc2ccc(C(C)C)cc12. The van der Waals surface area contributed by atoms with Crippen LogP contribution in [0.1, 0.15) is 36.6 Å². The van der Waals surface area contributed by atoms with Crippen molar-refractivity contribution in [2.24, 2.45) is 0 Å². The quantitative estimate of drug-likeness (QED) is 0.791. The zero-order valence-corrected chi connectivity index (χ0v) is 11.9. The number of carbonyl (C=O) groups is 1. The minimum atomic E-state index is -0.221. The highest BCUT2D eigenvalue weighted by atomic mass is 16.5. The van der Waals surface area contributed by atoms with Gasteiger partial charge in [0.1, 0.15) is 0 Å². The molecule has 19 heavy (non-hydrogen) atoms. The first-order chi connectivity index (χ1) is 9.01. The van der Waals surface area contributed by atoms with Gasteiger partial charge in [-0.15, -0.1) is 0 Å². The van der Waals surface area contributed by atoms with Crippen LogP contribution in [0.4, 0.5) is 0 Å². The van der Waals surface area contributed by atoms with Gasteiger partial charge in [-0.25, -0.2) is 0 Å². The van der Waals surface area contributed by atoms with Gasteiger partial charge in [0.2, 0.25) is 0 Å². The molecule has 0 aliphatic heterocycles. The van der Waals surface area contributed by atoms with Crippen LogP contribution in [0.3, 0.4) is 0 Å². The van der Waals surface area contributed by atoms with E-state index in [0.717, 1.165) is 22.2 Å². The van der Waals surface area contributed by atoms with E-state index in [0.29, 0.717) is 5.92 Å². The highest BCUT2D eigenvalue weighted by Gasteiger charge is 2.10. The number of benzene rings is 1. The van der Waals surface area contributed by atoms with Crippen LogP contribution in [-0.2, 0) is 16.0 Å². The van der Waals surface area contributed by atoms with Crippen molar-refractivity contribution in [2.45, 2.75) is 33.1 Å². The fourth-order valence-electron chi connectivity index (χ4n) is 2.19. The highest BCUT2D eigenvalue weighted by molar-refractivity contribution is 5.87. The summed E-state index contributed by atoms with van der Waals surface area (Å²) < 4.78 is 4.76. The third kappa shape index (κ3) is 2.92. The zero-order valence-electron chi connectivity index (χ0n) is 11.9. The molecule has 0 radical (unpaired) electrons. The summed E-state index contributed by atoms with van der Waals surface area (Å²) in [5.41, 5.74) is 4.09. The molecule has 3 nitrogen and oxygen atoms in total. The van der Waals surface area contributed by atoms with Gasteiger partial charge in [0.05, 0.1) is 19.0 Å². The maximum atomic E-state index is 11.5. The van der Waals surface area contributed by atoms with Crippen LogP contribution in [0.5, 0.6) is 0 Å². The first-order valence-electron chi connectivity index (χ1n) is 6.48. The van der Waals surface area contributed by atoms with E-state index in [2.05, 4.69) is 31.0 Å². The number of methoxy groups -OCH3 is 1. The van der Waals surface area contributed by atoms with Crippen LogP contribution in [0.15, 0.2) is 24.3 Å². The molecule has 2 aromatic rings. The summed E-state index contributed by atoms with van der Waals surface area (Å²) in [6.07, 6.45) is 0.290. The lowest BCUT2D eigenvalue weighted by molar-refractivity contribution is -0.139. The summed E-state index contributed by atoms with van der Waals surface area (Å²) in [7, 11) is 1.41. The molecule has 0 N–H and O–H groups in total. The number of pyridine rings is 1. The normalized spacial score (nSPS) is 11.0. The smallest absolute Gasteiger partial charge is 0.310 e. The second-order valence-corrected chi connectivity index (χ2v) is 5.11. The average Bonchev–Trinajstić information content (AvgIpc) is 2.37. The van der Waals surface area contributed by atoms with Gasteiger partial charge in [-0.1, -0.05) is 19.9 Å². The lowest BCUT2D eigenvalue weighted by Gasteiger charge is -2.11. The Balaban J connectivity index is 2.59. The van der Waals surface area contributed by atoms with Gasteiger partial charge >= 0.3 is 5.97 Å². The second kappa shape index (κ2) is 5.39. The minimum Gasteiger partial charge on any atom is -0.469 e. The molecule has 1 heterocycles. The molecule has 0 aliphatic carbocycles. The molecule has 0 saturated carbocycles. The number of aryl methyl sites for hydroxylation is 1.